The summed E-state index contributed by atoms with van der Waals surface area (Å²) in [5.74, 6) is -0.320. The number of methoxy groups -OCH3 is 1. The van der Waals surface area contributed by atoms with E-state index in [9.17, 15) is 9.90 Å². The van der Waals surface area contributed by atoms with Crippen molar-refractivity contribution in [3.63, 3.8) is 0 Å². The van der Waals surface area contributed by atoms with Crippen molar-refractivity contribution >= 4 is 5.97 Å². The van der Waals surface area contributed by atoms with Gasteiger partial charge in [0.1, 0.15) is 0 Å². The van der Waals surface area contributed by atoms with E-state index in [1.54, 1.807) is 11.9 Å². The minimum absolute atomic E-state index is 0.159. The number of nitrogens with zero attached hydrogens (tertiary/aromatic N) is 1. The number of esters is 1. The molecule has 0 fully saturated rings. The van der Waals surface area contributed by atoms with E-state index in [0.29, 0.717) is 13.2 Å². The highest BCUT2D eigenvalue weighted by molar-refractivity contribution is 5.71. The number of benzene rings is 1. The molecule has 0 radical (unpaired) electrons. The first-order chi connectivity index (χ1) is 9.11. The van der Waals surface area contributed by atoms with Gasteiger partial charge in [0, 0.05) is 6.54 Å². The van der Waals surface area contributed by atoms with Gasteiger partial charge in [0.15, 0.2) is 0 Å². The topological polar surface area (TPSA) is 59.0 Å². The van der Waals surface area contributed by atoms with Gasteiger partial charge in [-0.1, -0.05) is 30.3 Å². The van der Waals surface area contributed by atoms with Gasteiger partial charge in [0.05, 0.1) is 33.0 Å². The van der Waals surface area contributed by atoms with E-state index in [1.807, 2.05) is 30.3 Å². The number of carbonyl (C=O) groups excluding carboxylic acids is 1. The third-order valence-corrected chi connectivity index (χ3v) is 2.57. The molecule has 19 heavy (non-hydrogen) atoms. The van der Waals surface area contributed by atoms with Crippen LogP contribution < -0.4 is 0 Å². The van der Waals surface area contributed by atoms with E-state index >= 15 is 0 Å². The maximum atomic E-state index is 11.0. The van der Waals surface area contributed by atoms with Gasteiger partial charge < -0.3 is 14.6 Å². The highest BCUT2D eigenvalue weighted by atomic mass is 16.5. The smallest absolute Gasteiger partial charge is 0.319 e. The first kappa shape index (κ1) is 15.6. The normalized spacial score (nSPS) is 12.4. The summed E-state index contributed by atoms with van der Waals surface area (Å²) in [5.41, 5.74) is 1.07. The van der Waals surface area contributed by atoms with Crippen molar-refractivity contribution < 1.29 is 19.4 Å². The Morgan fingerprint density at radius 3 is 2.68 bits per heavy atom. The molecule has 0 bridgehead atoms. The van der Waals surface area contributed by atoms with Crippen LogP contribution in [0.4, 0.5) is 0 Å². The van der Waals surface area contributed by atoms with Crippen LogP contribution in [-0.4, -0.2) is 55.9 Å². The average Bonchev–Trinajstić information content (AvgIpc) is 2.39. The summed E-state index contributed by atoms with van der Waals surface area (Å²) in [7, 11) is 3.09. The van der Waals surface area contributed by atoms with Crippen molar-refractivity contribution in [3.8, 4) is 0 Å². The summed E-state index contributed by atoms with van der Waals surface area (Å²) in [4.78, 5) is 12.7. The number of rotatable bonds is 8. The highest BCUT2D eigenvalue weighted by Crippen LogP contribution is 2.01. The van der Waals surface area contributed by atoms with Crippen LogP contribution in [0.3, 0.4) is 0 Å². The molecule has 0 heterocycles. The molecule has 0 amide bonds. The summed E-state index contributed by atoms with van der Waals surface area (Å²) < 4.78 is 9.97. The Balaban J connectivity index is 2.17. The summed E-state index contributed by atoms with van der Waals surface area (Å²) in [5, 5.41) is 9.76. The van der Waals surface area contributed by atoms with Crippen molar-refractivity contribution in [2.24, 2.45) is 0 Å². The van der Waals surface area contributed by atoms with Crippen molar-refractivity contribution in [2.75, 3.05) is 33.9 Å². The Morgan fingerprint density at radius 2 is 2.05 bits per heavy atom. The number of aliphatic hydroxyl groups excluding tert-OH is 1. The average molecular weight is 267 g/mol. The molecule has 0 aliphatic carbocycles. The number of likely N-dealkylation sites (N-methyl/N-ethyl adjacent to an activating group) is 1. The summed E-state index contributed by atoms with van der Waals surface area (Å²) in [6, 6.07) is 9.77. The highest BCUT2D eigenvalue weighted by Gasteiger charge is 2.11. The fourth-order valence-electron chi connectivity index (χ4n) is 1.65. The third-order valence-electron chi connectivity index (χ3n) is 2.57. The zero-order valence-corrected chi connectivity index (χ0v) is 11.4. The zero-order valence-electron chi connectivity index (χ0n) is 11.4. The Labute approximate surface area is 113 Å². The quantitative estimate of drug-likeness (QED) is 0.702. The third kappa shape index (κ3) is 6.91. The molecule has 0 spiro atoms. The molecule has 1 N–H and O–H groups in total. The van der Waals surface area contributed by atoms with E-state index < -0.39 is 6.10 Å². The number of hydrogen-bond acceptors (Lipinski definition) is 5. The van der Waals surface area contributed by atoms with Crippen molar-refractivity contribution in [3.05, 3.63) is 35.9 Å². The van der Waals surface area contributed by atoms with Gasteiger partial charge in [-0.15, -0.1) is 0 Å². The first-order valence-electron chi connectivity index (χ1n) is 6.17. The molecule has 106 valence electrons. The SMILES string of the molecule is COC(=O)CN(C)CC(O)COCc1ccccc1. The number of hydrogen-bond donors (Lipinski definition) is 1. The van der Waals surface area contributed by atoms with Gasteiger partial charge in [-0.3, -0.25) is 9.69 Å². The van der Waals surface area contributed by atoms with E-state index in [4.69, 9.17) is 4.74 Å². The molecule has 1 unspecified atom stereocenters. The predicted molar refractivity (Wildman–Crippen MR) is 71.6 cm³/mol. The Bertz CT molecular complexity index is 369. The van der Waals surface area contributed by atoms with Gasteiger partial charge in [0.2, 0.25) is 0 Å². The monoisotopic (exact) mass is 267 g/mol. The van der Waals surface area contributed by atoms with Crippen LogP contribution in [0.15, 0.2) is 30.3 Å². The van der Waals surface area contributed by atoms with Crippen LogP contribution >= 0.6 is 0 Å². The summed E-state index contributed by atoms with van der Waals surface area (Å²) in [6.45, 7) is 1.23. The molecule has 0 aliphatic rings. The second-order valence-corrected chi connectivity index (χ2v) is 4.43. The van der Waals surface area contributed by atoms with E-state index in [-0.39, 0.29) is 19.1 Å². The van der Waals surface area contributed by atoms with Crippen LogP contribution in [0.25, 0.3) is 0 Å². The van der Waals surface area contributed by atoms with Crippen LogP contribution in [0.5, 0.6) is 0 Å². The lowest BCUT2D eigenvalue weighted by Crippen LogP contribution is -2.35. The second-order valence-electron chi connectivity index (χ2n) is 4.43. The molecular formula is C14H21NO4. The van der Waals surface area contributed by atoms with Crippen molar-refractivity contribution in [1.82, 2.24) is 4.90 Å². The maximum absolute atomic E-state index is 11.0. The van der Waals surface area contributed by atoms with Crippen molar-refractivity contribution in [2.45, 2.75) is 12.7 Å². The van der Waals surface area contributed by atoms with Crippen LogP contribution in [0.2, 0.25) is 0 Å². The molecule has 0 aliphatic heterocycles. The minimum Gasteiger partial charge on any atom is -0.468 e. The summed E-state index contributed by atoms with van der Waals surface area (Å²) in [6.07, 6.45) is -0.627. The molecule has 1 atom stereocenters. The second kappa shape index (κ2) is 8.63. The Kier molecular flexibility index (Phi) is 7.10. The lowest BCUT2D eigenvalue weighted by Gasteiger charge is -2.19. The van der Waals surface area contributed by atoms with Crippen LogP contribution in [0.1, 0.15) is 5.56 Å². The predicted octanol–water partition coefficient (Wildman–Crippen LogP) is 0.669. The van der Waals surface area contributed by atoms with Crippen LogP contribution in [-0.2, 0) is 20.9 Å². The maximum Gasteiger partial charge on any atom is 0.319 e. The van der Waals surface area contributed by atoms with E-state index in [1.165, 1.54) is 7.11 Å². The van der Waals surface area contributed by atoms with E-state index in [0.717, 1.165) is 5.56 Å². The van der Waals surface area contributed by atoms with Gasteiger partial charge in [-0.05, 0) is 12.6 Å². The van der Waals surface area contributed by atoms with E-state index in [2.05, 4.69) is 4.74 Å². The molecule has 0 saturated heterocycles. The first-order valence-corrected chi connectivity index (χ1v) is 6.17. The standard InChI is InChI=1S/C14H21NO4/c1-15(9-14(17)18-2)8-13(16)11-19-10-12-6-4-3-5-7-12/h3-7,13,16H,8-11H2,1-2H3. The Morgan fingerprint density at radius 1 is 1.37 bits per heavy atom. The lowest BCUT2D eigenvalue weighted by atomic mass is 10.2. The van der Waals surface area contributed by atoms with Gasteiger partial charge in [-0.25, -0.2) is 0 Å². The largest absolute Gasteiger partial charge is 0.468 e. The lowest BCUT2D eigenvalue weighted by molar-refractivity contribution is -0.141. The minimum atomic E-state index is -0.627. The fraction of sp³-hybridized carbons (Fsp3) is 0.500. The van der Waals surface area contributed by atoms with Gasteiger partial charge in [-0.2, -0.15) is 0 Å². The number of aliphatic hydroxyl groups is 1. The zero-order chi connectivity index (χ0) is 14.1. The molecule has 1 aromatic carbocycles. The number of ether oxygens (including phenoxy) is 2. The molecule has 1 aromatic rings. The molecular weight excluding hydrogens is 246 g/mol. The van der Waals surface area contributed by atoms with Gasteiger partial charge in [0.25, 0.3) is 0 Å². The summed E-state index contributed by atoms with van der Waals surface area (Å²) >= 11 is 0. The molecule has 1 rings (SSSR count). The number of carbonyl (C=O) groups is 1. The molecule has 0 saturated carbocycles. The molecule has 0 aromatic heterocycles. The van der Waals surface area contributed by atoms with Crippen LogP contribution in [0, 0.1) is 0 Å². The van der Waals surface area contributed by atoms with Gasteiger partial charge >= 0.3 is 5.97 Å². The molecule has 5 nitrogen and oxygen atoms in total. The van der Waals surface area contributed by atoms with Crippen molar-refractivity contribution in [1.29, 1.82) is 0 Å². The Hall–Kier alpha value is -1.43. The molecule has 5 heteroatoms. The fourth-order valence-corrected chi connectivity index (χ4v) is 1.65.